The number of allylic oxidation sites excluding steroid dienone is 4. The van der Waals surface area contributed by atoms with Gasteiger partial charge in [-0.05, 0) is 12.0 Å². The first kappa shape index (κ1) is 13.7. The highest BCUT2D eigenvalue weighted by Crippen LogP contribution is 2.17. The van der Waals surface area contributed by atoms with E-state index in [4.69, 9.17) is 4.74 Å². The highest BCUT2D eigenvalue weighted by Gasteiger charge is 2.33. The van der Waals surface area contributed by atoms with Crippen molar-refractivity contribution in [2.24, 2.45) is 5.92 Å². The van der Waals surface area contributed by atoms with Crippen LogP contribution in [0.15, 0.2) is 36.0 Å². The third kappa shape index (κ3) is 3.64. The molecule has 0 aromatic rings. The summed E-state index contributed by atoms with van der Waals surface area (Å²) in [6.07, 6.45) is 11.8. The average molecular weight is 261 g/mol. The quantitative estimate of drug-likeness (QED) is 0.570. The number of methoxy groups -OCH3 is 1. The lowest BCUT2D eigenvalue weighted by atomic mass is 9.96. The van der Waals surface area contributed by atoms with Crippen LogP contribution >= 0.6 is 0 Å². The largest absolute Gasteiger partial charge is 0.468 e. The second-order valence-corrected chi connectivity index (χ2v) is 4.83. The Bertz CT molecular complexity index is 440. The molecule has 1 unspecified atom stereocenters. The summed E-state index contributed by atoms with van der Waals surface area (Å²) >= 11 is 0. The molecule has 4 heteroatoms. The molecule has 19 heavy (non-hydrogen) atoms. The molecule has 102 valence electrons. The van der Waals surface area contributed by atoms with Crippen molar-refractivity contribution in [3.05, 3.63) is 36.0 Å². The van der Waals surface area contributed by atoms with Crippen LogP contribution in [-0.2, 0) is 14.3 Å². The molecule has 0 N–H and O–H groups in total. The zero-order valence-corrected chi connectivity index (χ0v) is 11.2. The van der Waals surface area contributed by atoms with E-state index >= 15 is 0 Å². The maximum absolute atomic E-state index is 11.7. The fraction of sp³-hybridized carbons (Fsp3) is 0.467. The fourth-order valence-electron chi connectivity index (χ4n) is 2.37. The molecule has 1 aliphatic carbocycles. The molecule has 1 saturated heterocycles. The van der Waals surface area contributed by atoms with E-state index in [2.05, 4.69) is 29.2 Å². The van der Waals surface area contributed by atoms with Gasteiger partial charge in [0.2, 0.25) is 0 Å². The molecule has 0 spiro atoms. The van der Waals surface area contributed by atoms with E-state index in [0.717, 1.165) is 13.0 Å². The predicted octanol–water partition coefficient (Wildman–Crippen LogP) is 1.49. The Kier molecular flexibility index (Phi) is 4.68. The van der Waals surface area contributed by atoms with Gasteiger partial charge in [0.15, 0.2) is 0 Å². The summed E-state index contributed by atoms with van der Waals surface area (Å²) in [6, 6.07) is 0. The van der Waals surface area contributed by atoms with Crippen LogP contribution in [0, 0.1) is 5.92 Å². The first-order valence-electron chi connectivity index (χ1n) is 6.56. The van der Waals surface area contributed by atoms with Gasteiger partial charge >= 0.3 is 5.97 Å². The van der Waals surface area contributed by atoms with Gasteiger partial charge < -0.3 is 4.74 Å². The third-order valence-electron chi connectivity index (χ3n) is 3.45. The van der Waals surface area contributed by atoms with Gasteiger partial charge in [0.25, 0.3) is 0 Å². The molecule has 1 aliphatic heterocycles. The number of esters is 1. The molecule has 0 aromatic carbocycles. The van der Waals surface area contributed by atoms with Gasteiger partial charge in [0, 0.05) is 26.1 Å². The van der Waals surface area contributed by atoms with Crippen molar-refractivity contribution in [2.45, 2.75) is 12.8 Å². The number of ketones is 1. The van der Waals surface area contributed by atoms with Crippen LogP contribution in [-0.4, -0.2) is 43.4 Å². The molecule has 4 nitrogen and oxygen atoms in total. The molecule has 0 amide bonds. The monoisotopic (exact) mass is 261 g/mol. The number of carbonyl (C=O) groups is 2. The molecular weight excluding hydrogens is 242 g/mol. The maximum Gasteiger partial charge on any atom is 0.317 e. The van der Waals surface area contributed by atoms with E-state index in [-0.39, 0.29) is 5.78 Å². The minimum Gasteiger partial charge on any atom is -0.468 e. The van der Waals surface area contributed by atoms with Crippen molar-refractivity contribution in [1.29, 1.82) is 0 Å². The normalized spacial score (nSPS) is 23.9. The maximum atomic E-state index is 11.7. The van der Waals surface area contributed by atoms with E-state index < -0.39 is 11.9 Å². The molecular formula is C15H19NO3. The summed E-state index contributed by atoms with van der Waals surface area (Å²) < 4.78 is 4.69. The van der Waals surface area contributed by atoms with E-state index in [9.17, 15) is 9.59 Å². The molecule has 0 saturated carbocycles. The fourth-order valence-corrected chi connectivity index (χ4v) is 2.37. The van der Waals surface area contributed by atoms with E-state index in [1.54, 1.807) is 0 Å². The Morgan fingerprint density at radius 3 is 3.11 bits per heavy atom. The standard InChI is InChI=1S/C15H19NO3/c1-19-15(18)13-11-16(9-8-14(13)17)10-12-6-4-2-3-5-7-12/h2,4-7,13H,3,8-11H2,1H3. The first-order valence-corrected chi connectivity index (χ1v) is 6.56. The Labute approximate surface area is 113 Å². The second-order valence-electron chi connectivity index (χ2n) is 4.83. The second kappa shape index (κ2) is 6.48. The van der Waals surface area contributed by atoms with Gasteiger partial charge in [-0.15, -0.1) is 0 Å². The number of hydrogen-bond donors (Lipinski definition) is 0. The van der Waals surface area contributed by atoms with Crippen LogP contribution in [0.3, 0.4) is 0 Å². The number of ether oxygens (including phenoxy) is 1. The Morgan fingerprint density at radius 2 is 2.32 bits per heavy atom. The van der Waals surface area contributed by atoms with Gasteiger partial charge in [-0.1, -0.05) is 30.4 Å². The molecule has 1 heterocycles. The van der Waals surface area contributed by atoms with Crippen LogP contribution in [0.5, 0.6) is 0 Å². The molecule has 2 rings (SSSR count). The number of rotatable bonds is 3. The van der Waals surface area contributed by atoms with E-state index in [1.807, 2.05) is 6.08 Å². The van der Waals surface area contributed by atoms with Crippen LogP contribution in [0.1, 0.15) is 12.8 Å². The van der Waals surface area contributed by atoms with Crippen LogP contribution in [0.2, 0.25) is 0 Å². The lowest BCUT2D eigenvalue weighted by Crippen LogP contribution is -2.45. The first-order chi connectivity index (χ1) is 9.20. The highest BCUT2D eigenvalue weighted by atomic mass is 16.5. The summed E-state index contributed by atoms with van der Waals surface area (Å²) in [5.74, 6) is -1.04. The van der Waals surface area contributed by atoms with Crippen LogP contribution in [0.4, 0.5) is 0 Å². The van der Waals surface area contributed by atoms with Gasteiger partial charge in [-0.2, -0.15) is 0 Å². The molecule has 0 aromatic heterocycles. The molecule has 0 radical (unpaired) electrons. The van der Waals surface area contributed by atoms with Crippen molar-refractivity contribution in [3.8, 4) is 0 Å². The number of likely N-dealkylation sites (tertiary alicyclic amines) is 1. The van der Waals surface area contributed by atoms with Crippen molar-refractivity contribution in [1.82, 2.24) is 4.90 Å². The molecule has 1 fully saturated rings. The van der Waals surface area contributed by atoms with Gasteiger partial charge in [0.1, 0.15) is 11.7 Å². The number of piperidine rings is 1. The lowest BCUT2D eigenvalue weighted by molar-refractivity contribution is -0.151. The summed E-state index contributed by atoms with van der Waals surface area (Å²) in [5.41, 5.74) is 1.20. The number of hydrogen-bond acceptors (Lipinski definition) is 4. The van der Waals surface area contributed by atoms with E-state index in [0.29, 0.717) is 19.5 Å². The Morgan fingerprint density at radius 1 is 1.47 bits per heavy atom. The summed E-state index contributed by atoms with van der Waals surface area (Å²) in [4.78, 5) is 25.4. The minimum atomic E-state index is -0.621. The minimum absolute atomic E-state index is 0.00613. The summed E-state index contributed by atoms with van der Waals surface area (Å²) in [5, 5.41) is 0. The topological polar surface area (TPSA) is 46.6 Å². The SMILES string of the molecule is COC(=O)C1CN(CC2=CC=CCC=C2)CCC1=O. The third-order valence-corrected chi connectivity index (χ3v) is 3.45. The number of Topliss-reactive ketones (excluding diaryl/α,β-unsaturated/α-hetero) is 1. The van der Waals surface area contributed by atoms with Crippen molar-refractivity contribution >= 4 is 11.8 Å². The van der Waals surface area contributed by atoms with Gasteiger partial charge in [-0.25, -0.2) is 0 Å². The van der Waals surface area contributed by atoms with Gasteiger partial charge in [-0.3, -0.25) is 14.5 Å². The predicted molar refractivity (Wildman–Crippen MR) is 72.6 cm³/mol. The highest BCUT2D eigenvalue weighted by molar-refractivity contribution is 5.99. The van der Waals surface area contributed by atoms with E-state index in [1.165, 1.54) is 12.7 Å². The van der Waals surface area contributed by atoms with Crippen molar-refractivity contribution in [3.63, 3.8) is 0 Å². The van der Waals surface area contributed by atoms with Gasteiger partial charge in [0.05, 0.1) is 7.11 Å². The van der Waals surface area contributed by atoms with Crippen LogP contribution < -0.4 is 0 Å². The summed E-state index contributed by atoms with van der Waals surface area (Å²) in [6.45, 7) is 1.93. The lowest BCUT2D eigenvalue weighted by Gasteiger charge is -2.30. The molecule has 0 bridgehead atoms. The van der Waals surface area contributed by atoms with Crippen molar-refractivity contribution in [2.75, 3.05) is 26.7 Å². The Balaban J connectivity index is 1.98. The number of carbonyl (C=O) groups excluding carboxylic acids is 2. The van der Waals surface area contributed by atoms with Crippen molar-refractivity contribution < 1.29 is 14.3 Å². The Hall–Kier alpha value is -1.68. The molecule has 1 atom stereocenters. The molecule has 2 aliphatic rings. The van der Waals surface area contributed by atoms with Crippen LogP contribution in [0.25, 0.3) is 0 Å². The smallest absolute Gasteiger partial charge is 0.317 e. The number of nitrogens with zero attached hydrogens (tertiary/aromatic N) is 1. The average Bonchev–Trinajstić information content (AvgIpc) is 2.68. The summed E-state index contributed by atoms with van der Waals surface area (Å²) in [7, 11) is 1.33. The zero-order chi connectivity index (χ0) is 13.7. The zero-order valence-electron chi connectivity index (χ0n) is 11.2.